The van der Waals surface area contributed by atoms with Gasteiger partial charge in [-0.25, -0.2) is 0 Å². The summed E-state index contributed by atoms with van der Waals surface area (Å²) in [7, 11) is 1.54. The second-order valence-electron chi connectivity index (χ2n) is 4.80. The number of hydrogen-bond acceptors (Lipinski definition) is 4. The molecule has 0 spiro atoms. The number of nitrogens with one attached hydrogen (secondary N) is 2. The van der Waals surface area contributed by atoms with Crippen molar-refractivity contribution < 1.29 is 9.53 Å². The fraction of sp³-hybridized carbons (Fsp3) is 0.467. The van der Waals surface area contributed by atoms with Gasteiger partial charge < -0.3 is 15.4 Å². The minimum absolute atomic E-state index is 0.0416. The van der Waals surface area contributed by atoms with Gasteiger partial charge in [0.15, 0.2) is 0 Å². The number of nitriles is 1. The Labute approximate surface area is 119 Å². The summed E-state index contributed by atoms with van der Waals surface area (Å²) in [4.78, 5) is 11.4. The number of benzene rings is 1. The van der Waals surface area contributed by atoms with E-state index in [4.69, 9.17) is 10.00 Å². The van der Waals surface area contributed by atoms with Crippen LogP contribution in [0.5, 0.6) is 5.75 Å². The Morgan fingerprint density at radius 3 is 2.80 bits per heavy atom. The van der Waals surface area contributed by atoms with Crippen LogP contribution in [0.3, 0.4) is 0 Å². The monoisotopic (exact) mass is 275 g/mol. The summed E-state index contributed by atoms with van der Waals surface area (Å²) >= 11 is 0. The molecule has 20 heavy (non-hydrogen) atoms. The largest absolute Gasteiger partial charge is 0.495 e. The van der Waals surface area contributed by atoms with E-state index in [1.54, 1.807) is 19.2 Å². The molecule has 0 aliphatic carbocycles. The van der Waals surface area contributed by atoms with E-state index in [1.807, 2.05) is 19.9 Å². The van der Waals surface area contributed by atoms with Crippen LogP contribution in [-0.2, 0) is 11.3 Å². The molecule has 0 unspecified atom stereocenters. The normalized spacial score (nSPS) is 10.2. The highest BCUT2D eigenvalue weighted by Gasteiger charge is 2.05. The number of nitrogens with zero attached hydrogens (tertiary/aromatic N) is 1. The second kappa shape index (κ2) is 8.18. The van der Waals surface area contributed by atoms with Crippen LogP contribution in [0.15, 0.2) is 18.2 Å². The fourth-order valence-electron chi connectivity index (χ4n) is 1.78. The zero-order chi connectivity index (χ0) is 15.0. The highest BCUT2D eigenvalue weighted by molar-refractivity contribution is 5.76. The summed E-state index contributed by atoms with van der Waals surface area (Å²) in [6.45, 7) is 5.10. The third-order valence-corrected chi connectivity index (χ3v) is 2.69. The van der Waals surface area contributed by atoms with E-state index in [2.05, 4.69) is 16.7 Å². The lowest BCUT2D eigenvalue weighted by atomic mass is 10.1. The molecule has 0 heterocycles. The Balaban J connectivity index is 2.39. The van der Waals surface area contributed by atoms with Gasteiger partial charge in [-0.2, -0.15) is 5.26 Å². The Morgan fingerprint density at radius 2 is 2.20 bits per heavy atom. The van der Waals surface area contributed by atoms with E-state index in [0.29, 0.717) is 30.8 Å². The van der Waals surface area contributed by atoms with Gasteiger partial charge in [0.25, 0.3) is 0 Å². The van der Waals surface area contributed by atoms with Crippen LogP contribution in [-0.4, -0.2) is 25.6 Å². The Bertz CT molecular complexity index is 492. The minimum Gasteiger partial charge on any atom is -0.495 e. The average Bonchev–Trinajstić information content (AvgIpc) is 2.42. The zero-order valence-corrected chi connectivity index (χ0v) is 12.2. The predicted molar refractivity (Wildman–Crippen MR) is 77.3 cm³/mol. The molecule has 0 saturated carbocycles. The molecule has 1 amide bonds. The number of ether oxygens (including phenoxy) is 1. The molecule has 1 aromatic rings. The van der Waals surface area contributed by atoms with Crippen LogP contribution in [0.25, 0.3) is 0 Å². The molecule has 5 heteroatoms. The first-order valence-corrected chi connectivity index (χ1v) is 6.64. The maximum atomic E-state index is 11.4. The first-order valence-electron chi connectivity index (χ1n) is 6.64. The molecule has 0 radical (unpaired) electrons. The standard InChI is InChI=1S/C15H21N3O2/c1-11(2)18-15(19)6-7-17-10-12-4-5-14(20-3)13(8-12)9-16/h4-5,8,11,17H,6-7,10H2,1-3H3,(H,18,19). The number of methoxy groups -OCH3 is 1. The lowest BCUT2D eigenvalue weighted by Gasteiger charge is -2.09. The van der Waals surface area contributed by atoms with Crippen molar-refractivity contribution in [3.63, 3.8) is 0 Å². The molecular formula is C15H21N3O2. The van der Waals surface area contributed by atoms with Gasteiger partial charge in [-0.15, -0.1) is 0 Å². The van der Waals surface area contributed by atoms with Crippen LogP contribution >= 0.6 is 0 Å². The smallest absolute Gasteiger partial charge is 0.221 e. The molecule has 2 N–H and O–H groups in total. The Morgan fingerprint density at radius 1 is 1.45 bits per heavy atom. The molecule has 5 nitrogen and oxygen atoms in total. The fourth-order valence-corrected chi connectivity index (χ4v) is 1.78. The molecule has 1 rings (SSSR count). The molecule has 0 atom stereocenters. The lowest BCUT2D eigenvalue weighted by molar-refractivity contribution is -0.121. The van der Waals surface area contributed by atoms with E-state index in [9.17, 15) is 4.79 Å². The van der Waals surface area contributed by atoms with Gasteiger partial charge in [0.2, 0.25) is 5.91 Å². The molecule has 0 aliphatic heterocycles. The van der Waals surface area contributed by atoms with Gasteiger partial charge >= 0.3 is 0 Å². The molecule has 1 aromatic carbocycles. The number of rotatable bonds is 7. The van der Waals surface area contributed by atoms with E-state index >= 15 is 0 Å². The molecule has 0 saturated heterocycles. The molecule has 108 valence electrons. The third kappa shape index (κ3) is 5.29. The van der Waals surface area contributed by atoms with Crippen molar-refractivity contribution in [3.05, 3.63) is 29.3 Å². The number of amides is 1. The van der Waals surface area contributed by atoms with Crippen molar-refractivity contribution in [1.29, 1.82) is 5.26 Å². The van der Waals surface area contributed by atoms with Gasteiger partial charge in [0.05, 0.1) is 12.7 Å². The van der Waals surface area contributed by atoms with Crippen LogP contribution in [0.2, 0.25) is 0 Å². The van der Waals surface area contributed by atoms with Gasteiger partial charge in [-0.05, 0) is 31.5 Å². The van der Waals surface area contributed by atoms with Gasteiger partial charge in [0, 0.05) is 25.6 Å². The van der Waals surface area contributed by atoms with Crippen LogP contribution in [0.4, 0.5) is 0 Å². The maximum Gasteiger partial charge on any atom is 0.221 e. The van der Waals surface area contributed by atoms with E-state index in [0.717, 1.165) is 5.56 Å². The Kier molecular flexibility index (Phi) is 6.54. The lowest BCUT2D eigenvalue weighted by Crippen LogP contribution is -2.32. The first-order chi connectivity index (χ1) is 9.56. The zero-order valence-electron chi connectivity index (χ0n) is 12.2. The van der Waals surface area contributed by atoms with Gasteiger partial charge in [-0.3, -0.25) is 4.79 Å². The molecular weight excluding hydrogens is 254 g/mol. The molecule has 0 bridgehead atoms. The quantitative estimate of drug-likeness (QED) is 0.741. The third-order valence-electron chi connectivity index (χ3n) is 2.69. The predicted octanol–water partition coefficient (Wildman–Crippen LogP) is 1.57. The summed E-state index contributed by atoms with van der Waals surface area (Å²) in [5.41, 5.74) is 1.51. The number of hydrogen-bond donors (Lipinski definition) is 2. The highest BCUT2D eigenvalue weighted by atomic mass is 16.5. The van der Waals surface area contributed by atoms with Crippen molar-refractivity contribution in [1.82, 2.24) is 10.6 Å². The van der Waals surface area contributed by atoms with Crippen molar-refractivity contribution in [2.75, 3.05) is 13.7 Å². The van der Waals surface area contributed by atoms with Crippen molar-refractivity contribution in [2.45, 2.75) is 32.9 Å². The van der Waals surface area contributed by atoms with Gasteiger partial charge in [0.1, 0.15) is 11.8 Å². The van der Waals surface area contributed by atoms with E-state index < -0.39 is 0 Å². The first kappa shape index (κ1) is 16.0. The number of carbonyl (C=O) groups is 1. The summed E-state index contributed by atoms with van der Waals surface area (Å²) < 4.78 is 5.09. The molecule has 0 fully saturated rings. The average molecular weight is 275 g/mol. The summed E-state index contributed by atoms with van der Waals surface area (Å²) in [5.74, 6) is 0.618. The summed E-state index contributed by atoms with van der Waals surface area (Å²) in [6, 6.07) is 7.74. The topological polar surface area (TPSA) is 74.2 Å². The van der Waals surface area contributed by atoms with Crippen LogP contribution in [0, 0.1) is 11.3 Å². The van der Waals surface area contributed by atoms with Gasteiger partial charge in [-0.1, -0.05) is 6.07 Å². The Hall–Kier alpha value is -2.06. The van der Waals surface area contributed by atoms with E-state index in [1.165, 1.54) is 0 Å². The van der Waals surface area contributed by atoms with Crippen molar-refractivity contribution in [2.24, 2.45) is 0 Å². The number of carbonyl (C=O) groups excluding carboxylic acids is 1. The minimum atomic E-state index is 0.0416. The van der Waals surface area contributed by atoms with Crippen molar-refractivity contribution in [3.8, 4) is 11.8 Å². The van der Waals surface area contributed by atoms with E-state index in [-0.39, 0.29) is 11.9 Å². The summed E-state index contributed by atoms with van der Waals surface area (Å²) in [6.07, 6.45) is 0.444. The van der Waals surface area contributed by atoms with Crippen LogP contribution in [0.1, 0.15) is 31.4 Å². The summed E-state index contributed by atoms with van der Waals surface area (Å²) in [5, 5.41) is 15.0. The molecule has 0 aliphatic rings. The molecule has 0 aromatic heterocycles. The van der Waals surface area contributed by atoms with Crippen molar-refractivity contribution >= 4 is 5.91 Å². The second-order valence-corrected chi connectivity index (χ2v) is 4.80. The van der Waals surface area contributed by atoms with Crippen LogP contribution < -0.4 is 15.4 Å². The SMILES string of the molecule is COc1ccc(CNCCC(=O)NC(C)C)cc1C#N. The highest BCUT2D eigenvalue weighted by Crippen LogP contribution is 2.18. The maximum absolute atomic E-state index is 11.4.